The molecule has 0 amide bonds. The first-order valence-corrected chi connectivity index (χ1v) is 9.75. The number of hydrogen-bond donors (Lipinski definition) is 1. The molecule has 0 saturated carbocycles. The standard InChI is InChI=1S/C22H17ClF3N3O3/c1-3-31-21(30)18-11(2)32-20(28)15(10-27)19(18)13-6-4-12(5-7-13)16-8-14(22(24,25)26)9-17(23)29-16/h4-9,19H,3,28H2,1-2H3. The van der Waals surface area contributed by atoms with Crippen molar-refractivity contribution in [2.24, 2.45) is 5.73 Å². The van der Waals surface area contributed by atoms with Gasteiger partial charge in [0, 0.05) is 5.56 Å². The van der Waals surface area contributed by atoms with Gasteiger partial charge in [0.15, 0.2) is 0 Å². The highest BCUT2D eigenvalue weighted by atomic mass is 35.5. The van der Waals surface area contributed by atoms with Gasteiger partial charge in [-0.05, 0) is 31.5 Å². The average molecular weight is 464 g/mol. The van der Waals surface area contributed by atoms with Gasteiger partial charge in [-0.3, -0.25) is 0 Å². The molecule has 0 bridgehead atoms. The Morgan fingerprint density at radius 1 is 1.31 bits per heavy atom. The van der Waals surface area contributed by atoms with Crippen molar-refractivity contribution in [1.29, 1.82) is 5.26 Å². The number of benzene rings is 1. The van der Waals surface area contributed by atoms with E-state index in [-0.39, 0.29) is 40.2 Å². The number of alkyl halides is 3. The molecule has 2 heterocycles. The molecule has 10 heteroatoms. The normalized spacial score (nSPS) is 16.5. The van der Waals surface area contributed by atoms with E-state index >= 15 is 0 Å². The van der Waals surface area contributed by atoms with Gasteiger partial charge in [-0.2, -0.15) is 18.4 Å². The molecule has 1 aromatic carbocycles. The summed E-state index contributed by atoms with van der Waals surface area (Å²) in [5.41, 5.74) is 5.95. The van der Waals surface area contributed by atoms with Crippen LogP contribution in [-0.4, -0.2) is 17.6 Å². The molecule has 32 heavy (non-hydrogen) atoms. The number of rotatable bonds is 4. The second-order valence-corrected chi connectivity index (χ2v) is 7.19. The summed E-state index contributed by atoms with van der Waals surface area (Å²) in [6.45, 7) is 3.29. The number of carbonyl (C=O) groups excluding carboxylic acids is 1. The summed E-state index contributed by atoms with van der Waals surface area (Å²) in [6.07, 6.45) is -4.58. The fraction of sp³-hybridized carbons (Fsp3) is 0.227. The molecule has 1 aliphatic heterocycles. The van der Waals surface area contributed by atoms with Gasteiger partial charge in [-0.15, -0.1) is 0 Å². The Kier molecular flexibility index (Phi) is 6.46. The van der Waals surface area contributed by atoms with Gasteiger partial charge in [0.25, 0.3) is 0 Å². The lowest BCUT2D eigenvalue weighted by Gasteiger charge is -2.27. The largest absolute Gasteiger partial charge is 0.463 e. The van der Waals surface area contributed by atoms with E-state index in [1.165, 1.54) is 19.1 Å². The fourth-order valence-electron chi connectivity index (χ4n) is 3.34. The molecule has 1 aromatic heterocycles. The predicted octanol–water partition coefficient (Wildman–Crippen LogP) is 5.07. The van der Waals surface area contributed by atoms with Crippen molar-refractivity contribution in [3.05, 3.63) is 75.5 Å². The van der Waals surface area contributed by atoms with Crippen molar-refractivity contribution in [1.82, 2.24) is 4.98 Å². The third-order valence-corrected chi connectivity index (χ3v) is 4.96. The van der Waals surface area contributed by atoms with Gasteiger partial charge in [0.2, 0.25) is 5.88 Å². The Morgan fingerprint density at radius 3 is 2.53 bits per heavy atom. The number of carbonyl (C=O) groups is 1. The number of nitrogens with zero attached hydrogens (tertiary/aromatic N) is 2. The van der Waals surface area contributed by atoms with Crippen molar-refractivity contribution in [3.63, 3.8) is 0 Å². The monoisotopic (exact) mass is 463 g/mol. The first-order valence-electron chi connectivity index (χ1n) is 9.37. The maximum Gasteiger partial charge on any atom is 0.416 e. The summed E-state index contributed by atoms with van der Waals surface area (Å²) in [4.78, 5) is 16.5. The molecule has 2 aromatic rings. The molecule has 1 aliphatic rings. The number of aromatic nitrogens is 1. The number of esters is 1. The van der Waals surface area contributed by atoms with Crippen molar-refractivity contribution in [2.75, 3.05) is 6.61 Å². The van der Waals surface area contributed by atoms with E-state index in [4.69, 9.17) is 26.8 Å². The zero-order valence-corrected chi connectivity index (χ0v) is 17.7. The van der Waals surface area contributed by atoms with Crippen LogP contribution in [0.5, 0.6) is 0 Å². The zero-order chi connectivity index (χ0) is 23.6. The van der Waals surface area contributed by atoms with Crippen molar-refractivity contribution < 1.29 is 27.4 Å². The number of halogens is 4. The maximum absolute atomic E-state index is 13.1. The van der Waals surface area contributed by atoms with E-state index in [0.29, 0.717) is 11.1 Å². The minimum atomic E-state index is -4.58. The Balaban J connectivity index is 2.07. The lowest BCUT2D eigenvalue weighted by Crippen LogP contribution is -2.25. The Morgan fingerprint density at radius 2 is 1.97 bits per heavy atom. The first-order chi connectivity index (χ1) is 15.1. The summed E-state index contributed by atoms with van der Waals surface area (Å²) in [6, 6.07) is 9.77. The third kappa shape index (κ3) is 4.55. The molecule has 0 fully saturated rings. The van der Waals surface area contributed by atoms with Gasteiger partial charge in [0.1, 0.15) is 22.6 Å². The van der Waals surface area contributed by atoms with Gasteiger partial charge in [-0.25, -0.2) is 9.78 Å². The molecule has 2 N–H and O–H groups in total. The van der Waals surface area contributed by atoms with Crippen LogP contribution in [0, 0.1) is 11.3 Å². The summed E-state index contributed by atoms with van der Waals surface area (Å²) in [7, 11) is 0. The van der Waals surface area contributed by atoms with Crippen LogP contribution >= 0.6 is 11.6 Å². The van der Waals surface area contributed by atoms with E-state index < -0.39 is 23.6 Å². The second kappa shape index (κ2) is 8.93. The van der Waals surface area contributed by atoms with Crippen LogP contribution in [0.15, 0.2) is 59.2 Å². The maximum atomic E-state index is 13.1. The molecule has 1 unspecified atom stereocenters. The molecule has 3 rings (SSSR count). The highest BCUT2D eigenvalue weighted by molar-refractivity contribution is 6.29. The van der Waals surface area contributed by atoms with Crippen molar-refractivity contribution in [3.8, 4) is 17.3 Å². The minimum Gasteiger partial charge on any atom is -0.463 e. The molecule has 1 atom stereocenters. The number of allylic oxidation sites excluding steroid dienone is 2. The molecular weight excluding hydrogens is 447 g/mol. The predicted molar refractivity (Wildman–Crippen MR) is 110 cm³/mol. The third-order valence-electron chi connectivity index (χ3n) is 4.76. The zero-order valence-electron chi connectivity index (χ0n) is 17.0. The SMILES string of the molecule is CCOC(=O)C1=C(C)OC(N)=C(C#N)C1c1ccc(-c2cc(C(F)(F)F)cc(Cl)n2)cc1. The quantitative estimate of drug-likeness (QED) is 0.502. The molecular formula is C22H17ClF3N3O3. The van der Waals surface area contributed by atoms with Gasteiger partial charge in [0.05, 0.1) is 29.4 Å². The van der Waals surface area contributed by atoms with Crippen LogP contribution in [0.4, 0.5) is 13.2 Å². The molecule has 0 saturated heterocycles. The van der Waals surface area contributed by atoms with Gasteiger partial charge >= 0.3 is 12.1 Å². The first kappa shape index (κ1) is 23.2. The fourth-order valence-corrected chi connectivity index (χ4v) is 3.55. The molecule has 6 nitrogen and oxygen atoms in total. The van der Waals surface area contributed by atoms with Crippen LogP contribution in [-0.2, 0) is 20.4 Å². The van der Waals surface area contributed by atoms with Gasteiger partial charge < -0.3 is 15.2 Å². The molecule has 0 spiro atoms. The Bertz CT molecular complexity index is 1170. The smallest absolute Gasteiger partial charge is 0.416 e. The van der Waals surface area contributed by atoms with Crippen LogP contribution in [0.3, 0.4) is 0 Å². The van der Waals surface area contributed by atoms with E-state index in [2.05, 4.69) is 4.98 Å². The summed E-state index contributed by atoms with van der Waals surface area (Å²) < 4.78 is 49.8. The lowest BCUT2D eigenvalue weighted by atomic mass is 9.82. The van der Waals surface area contributed by atoms with Crippen LogP contribution in [0.25, 0.3) is 11.3 Å². The number of nitrogens with two attached hydrogens (primary N) is 1. The van der Waals surface area contributed by atoms with Gasteiger partial charge in [-0.1, -0.05) is 35.9 Å². The number of nitriles is 1. The van der Waals surface area contributed by atoms with Crippen molar-refractivity contribution in [2.45, 2.75) is 25.9 Å². The van der Waals surface area contributed by atoms with E-state index in [0.717, 1.165) is 12.1 Å². The molecule has 166 valence electrons. The summed E-state index contributed by atoms with van der Waals surface area (Å²) in [5, 5.41) is 9.31. The van der Waals surface area contributed by atoms with Crippen molar-refractivity contribution >= 4 is 17.6 Å². The van der Waals surface area contributed by atoms with Crippen LogP contribution in [0.1, 0.15) is 30.9 Å². The summed E-state index contributed by atoms with van der Waals surface area (Å²) >= 11 is 5.77. The Labute approximate surface area is 186 Å². The minimum absolute atomic E-state index is 0.0200. The molecule has 0 aliphatic carbocycles. The average Bonchev–Trinajstić information content (AvgIpc) is 2.72. The second-order valence-electron chi connectivity index (χ2n) is 6.80. The highest BCUT2D eigenvalue weighted by Gasteiger charge is 2.36. The van der Waals surface area contributed by atoms with E-state index in [9.17, 15) is 23.2 Å². The number of hydrogen-bond acceptors (Lipinski definition) is 6. The lowest BCUT2D eigenvalue weighted by molar-refractivity contribution is -0.139. The topological polar surface area (TPSA) is 98.2 Å². The number of ether oxygens (including phenoxy) is 2. The Hall–Kier alpha value is -3.51. The number of pyridine rings is 1. The highest BCUT2D eigenvalue weighted by Crippen LogP contribution is 2.40. The summed E-state index contributed by atoms with van der Waals surface area (Å²) in [5.74, 6) is -1.47. The van der Waals surface area contributed by atoms with Crippen LogP contribution in [0.2, 0.25) is 5.15 Å². The van der Waals surface area contributed by atoms with E-state index in [1.54, 1.807) is 19.1 Å². The van der Waals surface area contributed by atoms with E-state index in [1.807, 2.05) is 6.07 Å². The van der Waals surface area contributed by atoms with Crippen LogP contribution < -0.4 is 5.73 Å². The molecule has 0 radical (unpaired) electrons.